The molecule has 0 spiro atoms. The Morgan fingerprint density at radius 1 is 1.19 bits per heavy atom. The second-order valence-corrected chi connectivity index (χ2v) is 10.2. The minimum atomic E-state index is -2.44. The van der Waals surface area contributed by atoms with Crippen molar-refractivity contribution in [3.05, 3.63) is 47.3 Å². The number of hydrogen-bond acceptors (Lipinski definition) is 2. The molecule has 0 aliphatic heterocycles. The van der Waals surface area contributed by atoms with Crippen LogP contribution in [0.15, 0.2) is 30.5 Å². The molecule has 4 rings (SSSR count). The molecule has 0 bridgehead atoms. The molecule has 1 aromatic heterocycles. The Bertz CT molecular complexity index is 891. The highest BCUT2D eigenvalue weighted by Gasteiger charge is 2.52. The molecule has 1 amide bonds. The number of allylic oxidation sites excluding steroid dienone is 3. The molecule has 3 aliphatic carbocycles. The number of aryl methyl sites for hydroxylation is 1. The van der Waals surface area contributed by atoms with E-state index in [0.717, 1.165) is 36.0 Å². The summed E-state index contributed by atoms with van der Waals surface area (Å²) in [7, 11) is 0. The van der Waals surface area contributed by atoms with E-state index in [1.807, 2.05) is 13.0 Å². The van der Waals surface area contributed by atoms with Crippen LogP contribution in [0, 0.1) is 36.5 Å². The molecule has 31 heavy (non-hydrogen) atoms. The first kappa shape index (κ1) is 22.2. The number of amides is 1. The highest BCUT2D eigenvalue weighted by Crippen LogP contribution is 2.57. The quantitative estimate of drug-likeness (QED) is 0.558. The van der Waals surface area contributed by atoms with Crippen LogP contribution in [-0.4, -0.2) is 16.8 Å². The molecule has 3 saturated carbocycles. The van der Waals surface area contributed by atoms with Gasteiger partial charge in [-0.15, -0.1) is 0 Å². The summed E-state index contributed by atoms with van der Waals surface area (Å²) in [5.74, 6) is -1.02. The Hall–Kier alpha value is -2.04. The highest BCUT2D eigenvalue weighted by molar-refractivity contribution is 5.97. The number of nitrogens with two attached hydrogens (primary N) is 1. The maximum Gasteiger partial charge on any atom is 0.267 e. The maximum absolute atomic E-state index is 13.8. The van der Waals surface area contributed by atoms with Crippen LogP contribution in [-0.2, 0) is 0 Å². The fourth-order valence-electron chi connectivity index (χ4n) is 6.85. The topological polar surface area (TPSA) is 56.0 Å². The zero-order chi connectivity index (χ0) is 22.3. The fraction of sp³-hybridized carbons (Fsp3) is 0.615. The summed E-state index contributed by atoms with van der Waals surface area (Å²) in [5, 5.41) is 0. The van der Waals surface area contributed by atoms with E-state index in [0.29, 0.717) is 17.8 Å². The number of fused-ring (bicyclic) bond motifs is 1. The van der Waals surface area contributed by atoms with E-state index in [1.165, 1.54) is 24.8 Å². The van der Waals surface area contributed by atoms with Crippen molar-refractivity contribution in [1.29, 1.82) is 0 Å². The Kier molecular flexibility index (Phi) is 6.06. The molecule has 1 heterocycles. The van der Waals surface area contributed by atoms with E-state index in [2.05, 4.69) is 24.6 Å². The van der Waals surface area contributed by atoms with E-state index >= 15 is 0 Å². The van der Waals surface area contributed by atoms with Gasteiger partial charge in [0.25, 0.3) is 5.91 Å². The van der Waals surface area contributed by atoms with Gasteiger partial charge >= 0.3 is 0 Å². The normalized spacial score (nSPS) is 32.6. The number of alkyl halides is 2. The Morgan fingerprint density at radius 2 is 1.84 bits per heavy atom. The van der Waals surface area contributed by atoms with Gasteiger partial charge < -0.3 is 5.73 Å². The van der Waals surface area contributed by atoms with Crippen LogP contribution in [0.3, 0.4) is 0 Å². The first-order valence-corrected chi connectivity index (χ1v) is 11.7. The van der Waals surface area contributed by atoms with E-state index in [-0.39, 0.29) is 30.4 Å². The van der Waals surface area contributed by atoms with E-state index in [9.17, 15) is 13.6 Å². The van der Waals surface area contributed by atoms with Gasteiger partial charge in [0.05, 0.1) is 0 Å². The molecule has 0 saturated heterocycles. The minimum Gasteiger partial charge on any atom is -0.364 e. The van der Waals surface area contributed by atoms with Gasteiger partial charge in [0.2, 0.25) is 5.92 Å². The Labute approximate surface area is 184 Å². The summed E-state index contributed by atoms with van der Waals surface area (Å²) in [6.45, 7) is 8.34. The van der Waals surface area contributed by atoms with Gasteiger partial charge in [0.15, 0.2) is 0 Å². The molecule has 3 fully saturated rings. The summed E-state index contributed by atoms with van der Waals surface area (Å²) < 4.78 is 27.6. The summed E-state index contributed by atoms with van der Waals surface area (Å²) in [4.78, 5) is 16.1. The molecule has 0 radical (unpaired) electrons. The number of carbonyl (C=O) groups is 1. The number of rotatable bonds is 5. The Morgan fingerprint density at radius 3 is 2.48 bits per heavy atom. The molecule has 3 aliphatic rings. The van der Waals surface area contributed by atoms with Crippen LogP contribution in [0.1, 0.15) is 79.9 Å². The van der Waals surface area contributed by atoms with Crippen LogP contribution < -0.4 is 5.73 Å². The molecule has 4 atom stereocenters. The van der Waals surface area contributed by atoms with E-state index in [4.69, 9.17) is 5.73 Å². The predicted octanol–water partition coefficient (Wildman–Crippen LogP) is 6.33. The number of primary amides is 1. The lowest BCUT2D eigenvalue weighted by atomic mass is 9.68. The van der Waals surface area contributed by atoms with E-state index < -0.39 is 11.8 Å². The van der Waals surface area contributed by atoms with Gasteiger partial charge in [0.1, 0.15) is 5.69 Å². The van der Waals surface area contributed by atoms with Crippen molar-refractivity contribution in [2.24, 2.45) is 35.3 Å². The van der Waals surface area contributed by atoms with Crippen molar-refractivity contribution in [2.45, 2.75) is 71.1 Å². The van der Waals surface area contributed by atoms with Gasteiger partial charge in [0, 0.05) is 24.6 Å². The third-order valence-corrected chi connectivity index (χ3v) is 8.12. The second kappa shape index (κ2) is 8.48. The summed E-state index contributed by atoms with van der Waals surface area (Å²) in [6, 6.07) is 1.87. The fourth-order valence-corrected chi connectivity index (χ4v) is 6.85. The van der Waals surface area contributed by atoms with Gasteiger partial charge in [-0.25, -0.2) is 8.78 Å². The summed E-state index contributed by atoms with van der Waals surface area (Å²) in [6.07, 6.45) is 10.6. The molecule has 1 aromatic rings. The molecule has 4 unspecified atom stereocenters. The van der Waals surface area contributed by atoms with Crippen LogP contribution in [0.2, 0.25) is 0 Å². The molecular formula is C26H34F2N2O. The number of halogens is 2. The average Bonchev–Trinajstić information content (AvgIpc) is 3.21. The molecular weight excluding hydrogens is 394 g/mol. The molecule has 5 heteroatoms. The first-order chi connectivity index (χ1) is 14.7. The van der Waals surface area contributed by atoms with Crippen molar-refractivity contribution >= 4 is 11.5 Å². The standard InChI is InChI=1S/C26H34F2N2O/c1-15-8-9-30-24(25(29)31)23(15)17(3)10-16(2)21-6-4-5-7-22(21)18-11-19-13-26(27,28)14-20(19)12-18/h8-10,18-22H,3-7,11-14H2,1-2H3,(H2,29,31)/b16-10+. The van der Waals surface area contributed by atoms with Crippen LogP contribution in [0.5, 0.6) is 0 Å². The molecule has 168 valence electrons. The molecule has 2 N–H and O–H groups in total. The van der Waals surface area contributed by atoms with Gasteiger partial charge in [-0.2, -0.15) is 0 Å². The van der Waals surface area contributed by atoms with Crippen LogP contribution >= 0.6 is 0 Å². The van der Waals surface area contributed by atoms with Gasteiger partial charge in [-0.3, -0.25) is 9.78 Å². The van der Waals surface area contributed by atoms with Crippen molar-refractivity contribution < 1.29 is 13.6 Å². The van der Waals surface area contributed by atoms with Crippen molar-refractivity contribution in [1.82, 2.24) is 4.98 Å². The zero-order valence-corrected chi connectivity index (χ0v) is 18.7. The number of aromatic nitrogens is 1. The number of nitrogens with zero attached hydrogens (tertiary/aromatic N) is 1. The van der Waals surface area contributed by atoms with Gasteiger partial charge in [-0.1, -0.05) is 31.1 Å². The van der Waals surface area contributed by atoms with Crippen molar-refractivity contribution in [2.75, 3.05) is 0 Å². The predicted molar refractivity (Wildman–Crippen MR) is 120 cm³/mol. The number of hydrogen-bond donors (Lipinski definition) is 1. The zero-order valence-electron chi connectivity index (χ0n) is 18.7. The monoisotopic (exact) mass is 428 g/mol. The number of pyridine rings is 1. The third kappa shape index (κ3) is 4.47. The third-order valence-electron chi connectivity index (χ3n) is 8.12. The van der Waals surface area contributed by atoms with Crippen molar-refractivity contribution in [3.63, 3.8) is 0 Å². The smallest absolute Gasteiger partial charge is 0.267 e. The average molecular weight is 429 g/mol. The number of carbonyl (C=O) groups excluding carboxylic acids is 1. The van der Waals surface area contributed by atoms with E-state index in [1.54, 1.807) is 6.20 Å². The maximum atomic E-state index is 13.8. The molecule has 0 aromatic carbocycles. The van der Waals surface area contributed by atoms with Gasteiger partial charge in [-0.05, 0) is 86.3 Å². The summed E-state index contributed by atoms with van der Waals surface area (Å²) >= 11 is 0. The molecule has 3 nitrogen and oxygen atoms in total. The lowest BCUT2D eigenvalue weighted by molar-refractivity contribution is -0.00302. The van der Waals surface area contributed by atoms with Crippen LogP contribution in [0.25, 0.3) is 5.57 Å². The van der Waals surface area contributed by atoms with Crippen molar-refractivity contribution in [3.8, 4) is 0 Å². The Balaban J connectivity index is 1.53. The minimum absolute atomic E-state index is 0.0906. The SMILES string of the molecule is C=C(/C=C(\C)C1CCCCC1C1CC2CC(F)(F)CC2C1)c1c(C)ccnc1C(N)=O. The largest absolute Gasteiger partial charge is 0.364 e. The second-order valence-electron chi connectivity index (χ2n) is 10.2. The highest BCUT2D eigenvalue weighted by atomic mass is 19.3. The summed E-state index contributed by atoms with van der Waals surface area (Å²) in [5.41, 5.74) is 9.51. The first-order valence-electron chi connectivity index (χ1n) is 11.7. The van der Waals surface area contributed by atoms with Crippen LogP contribution in [0.4, 0.5) is 8.78 Å². The lowest BCUT2D eigenvalue weighted by Gasteiger charge is -2.37. The lowest BCUT2D eigenvalue weighted by Crippen LogP contribution is -2.27.